The standard InChI is InChI=1S/C10H6ClFN2/c1-2-6-3-7-5-13-10(11)14-9(7)8(12)4-6/h2-5H,1H2. The molecule has 2 aromatic rings. The van der Waals surface area contributed by atoms with Gasteiger partial charge in [0, 0.05) is 11.6 Å². The van der Waals surface area contributed by atoms with Gasteiger partial charge in [0.25, 0.3) is 0 Å². The van der Waals surface area contributed by atoms with Crippen LogP contribution in [0.15, 0.2) is 24.9 Å². The molecule has 0 N–H and O–H groups in total. The Balaban J connectivity index is 2.82. The summed E-state index contributed by atoms with van der Waals surface area (Å²) in [5.74, 6) is -0.415. The topological polar surface area (TPSA) is 25.8 Å². The Kier molecular flexibility index (Phi) is 2.17. The van der Waals surface area contributed by atoms with Gasteiger partial charge in [-0.05, 0) is 29.3 Å². The first-order valence-electron chi connectivity index (χ1n) is 3.95. The fourth-order valence-corrected chi connectivity index (χ4v) is 1.35. The summed E-state index contributed by atoms with van der Waals surface area (Å²) >= 11 is 5.56. The van der Waals surface area contributed by atoms with Crippen molar-refractivity contribution in [1.29, 1.82) is 0 Å². The van der Waals surface area contributed by atoms with E-state index in [4.69, 9.17) is 11.6 Å². The van der Waals surface area contributed by atoms with Crippen LogP contribution in [0.25, 0.3) is 17.0 Å². The Morgan fingerprint density at radius 1 is 1.43 bits per heavy atom. The molecule has 0 amide bonds. The van der Waals surface area contributed by atoms with E-state index in [0.29, 0.717) is 10.9 Å². The van der Waals surface area contributed by atoms with Crippen LogP contribution in [-0.2, 0) is 0 Å². The summed E-state index contributed by atoms with van der Waals surface area (Å²) in [6.45, 7) is 3.56. The molecule has 0 saturated carbocycles. The van der Waals surface area contributed by atoms with Gasteiger partial charge in [-0.2, -0.15) is 0 Å². The third kappa shape index (κ3) is 1.46. The van der Waals surface area contributed by atoms with E-state index in [1.165, 1.54) is 12.3 Å². The van der Waals surface area contributed by atoms with E-state index in [9.17, 15) is 4.39 Å². The first-order chi connectivity index (χ1) is 6.70. The van der Waals surface area contributed by atoms with Crippen LogP contribution in [0.1, 0.15) is 5.56 Å². The zero-order valence-corrected chi connectivity index (χ0v) is 7.92. The normalized spacial score (nSPS) is 10.4. The van der Waals surface area contributed by atoms with Gasteiger partial charge < -0.3 is 0 Å². The van der Waals surface area contributed by atoms with Crippen LogP contribution in [0.4, 0.5) is 4.39 Å². The summed E-state index contributed by atoms with van der Waals surface area (Å²) in [5.41, 5.74) is 0.927. The third-order valence-electron chi connectivity index (χ3n) is 1.87. The van der Waals surface area contributed by atoms with Crippen LogP contribution in [0.2, 0.25) is 5.28 Å². The second kappa shape index (κ2) is 3.35. The van der Waals surface area contributed by atoms with Crippen LogP contribution in [0.5, 0.6) is 0 Å². The minimum Gasteiger partial charge on any atom is -0.226 e. The smallest absolute Gasteiger partial charge is 0.223 e. The summed E-state index contributed by atoms with van der Waals surface area (Å²) in [4.78, 5) is 7.57. The highest BCUT2D eigenvalue weighted by Crippen LogP contribution is 2.19. The number of halogens is 2. The SMILES string of the molecule is C=Cc1cc(F)c2nc(Cl)ncc2c1. The lowest BCUT2D eigenvalue weighted by molar-refractivity contribution is 0.636. The van der Waals surface area contributed by atoms with Crippen molar-refractivity contribution in [2.75, 3.05) is 0 Å². The zero-order valence-electron chi connectivity index (χ0n) is 7.17. The van der Waals surface area contributed by atoms with Crippen LogP contribution in [0.3, 0.4) is 0 Å². The van der Waals surface area contributed by atoms with Crippen molar-refractivity contribution >= 4 is 28.6 Å². The molecule has 70 valence electrons. The summed E-state index contributed by atoms with van der Waals surface area (Å²) in [7, 11) is 0. The Morgan fingerprint density at radius 3 is 2.93 bits per heavy atom. The largest absolute Gasteiger partial charge is 0.226 e. The van der Waals surface area contributed by atoms with Gasteiger partial charge in [0.05, 0.1) is 0 Å². The molecular weight excluding hydrogens is 203 g/mol. The summed E-state index contributed by atoms with van der Waals surface area (Å²) < 4.78 is 13.4. The van der Waals surface area contributed by atoms with E-state index in [2.05, 4.69) is 16.5 Å². The number of aromatic nitrogens is 2. The fourth-order valence-electron chi connectivity index (χ4n) is 1.22. The lowest BCUT2D eigenvalue weighted by Crippen LogP contribution is -1.89. The van der Waals surface area contributed by atoms with Crippen molar-refractivity contribution in [3.8, 4) is 0 Å². The third-order valence-corrected chi connectivity index (χ3v) is 2.05. The van der Waals surface area contributed by atoms with E-state index < -0.39 is 5.82 Å². The van der Waals surface area contributed by atoms with Crippen molar-refractivity contribution in [2.45, 2.75) is 0 Å². The summed E-state index contributed by atoms with van der Waals surface area (Å²) in [5, 5.41) is 0.659. The minimum absolute atomic E-state index is 0.0442. The van der Waals surface area contributed by atoms with Gasteiger partial charge in [0.15, 0.2) is 0 Å². The number of hydrogen-bond acceptors (Lipinski definition) is 2. The summed E-state index contributed by atoms with van der Waals surface area (Å²) in [6.07, 6.45) is 3.05. The highest BCUT2D eigenvalue weighted by Gasteiger charge is 2.04. The van der Waals surface area contributed by atoms with Gasteiger partial charge in [-0.25, -0.2) is 14.4 Å². The van der Waals surface area contributed by atoms with E-state index in [0.717, 1.165) is 0 Å². The van der Waals surface area contributed by atoms with Crippen molar-refractivity contribution < 1.29 is 4.39 Å². The molecular formula is C10H6ClFN2. The van der Waals surface area contributed by atoms with Crippen molar-refractivity contribution in [3.63, 3.8) is 0 Å². The maximum absolute atomic E-state index is 13.4. The van der Waals surface area contributed by atoms with Crippen LogP contribution in [-0.4, -0.2) is 9.97 Å². The van der Waals surface area contributed by atoms with Crippen molar-refractivity contribution in [1.82, 2.24) is 9.97 Å². The highest BCUT2D eigenvalue weighted by atomic mass is 35.5. The molecule has 4 heteroatoms. The molecule has 0 aliphatic heterocycles. The molecule has 2 rings (SSSR count). The molecule has 1 aromatic heterocycles. The number of benzene rings is 1. The lowest BCUT2D eigenvalue weighted by atomic mass is 10.1. The monoisotopic (exact) mass is 208 g/mol. The Bertz CT molecular complexity index is 511. The van der Waals surface area contributed by atoms with Gasteiger partial charge in [0.2, 0.25) is 5.28 Å². The number of fused-ring (bicyclic) bond motifs is 1. The average Bonchev–Trinajstić information content (AvgIpc) is 2.19. The number of hydrogen-bond donors (Lipinski definition) is 0. The molecule has 0 aliphatic rings. The first-order valence-corrected chi connectivity index (χ1v) is 4.33. The Hall–Kier alpha value is -1.48. The van der Waals surface area contributed by atoms with Gasteiger partial charge in [-0.3, -0.25) is 0 Å². The fraction of sp³-hybridized carbons (Fsp3) is 0. The molecule has 0 saturated heterocycles. The molecule has 1 heterocycles. The first kappa shape index (κ1) is 9.09. The molecule has 0 fully saturated rings. The van der Waals surface area contributed by atoms with E-state index in [-0.39, 0.29) is 10.8 Å². The molecule has 0 aliphatic carbocycles. The second-order valence-electron chi connectivity index (χ2n) is 2.78. The van der Waals surface area contributed by atoms with Gasteiger partial charge in [-0.1, -0.05) is 12.7 Å². The van der Waals surface area contributed by atoms with Gasteiger partial charge in [0.1, 0.15) is 11.3 Å². The Labute approximate surface area is 85.1 Å². The van der Waals surface area contributed by atoms with Crippen LogP contribution in [0, 0.1) is 5.82 Å². The predicted molar refractivity (Wildman–Crippen MR) is 54.6 cm³/mol. The quantitative estimate of drug-likeness (QED) is 0.673. The van der Waals surface area contributed by atoms with Gasteiger partial charge >= 0.3 is 0 Å². The van der Waals surface area contributed by atoms with E-state index in [1.54, 1.807) is 12.1 Å². The molecule has 0 bridgehead atoms. The van der Waals surface area contributed by atoms with Gasteiger partial charge in [-0.15, -0.1) is 0 Å². The second-order valence-corrected chi connectivity index (χ2v) is 3.12. The average molecular weight is 209 g/mol. The van der Waals surface area contributed by atoms with Crippen molar-refractivity contribution in [3.05, 3.63) is 41.6 Å². The van der Waals surface area contributed by atoms with E-state index in [1.807, 2.05) is 0 Å². The zero-order chi connectivity index (χ0) is 10.1. The highest BCUT2D eigenvalue weighted by molar-refractivity contribution is 6.28. The number of nitrogens with zero attached hydrogens (tertiary/aromatic N) is 2. The van der Waals surface area contributed by atoms with E-state index >= 15 is 0 Å². The van der Waals surface area contributed by atoms with Crippen molar-refractivity contribution in [2.24, 2.45) is 0 Å². The Morgan fingerprint density at radius 2 is 2.21 bits per heavy atom. The maximum Gasteiger partial charge on any atom is 0.223 e. The molecule has 0 atom stereocenters. The maximum atomic E-state index is 13.4. The number of rotatable bonds is 1. The minimum atomic E-state index is -0.415. The lowest BCUT2D eigenvalue weighted by Gasteiger charge is -2.00. The van der Waals surface area contributed by atoms with Crippen LogP contribution < -0.4 is 0 Å². The molecule has 0 unspecified atom stereocenters. The molecule has 0 spiro atoms. The molecule has 1 aromatic carbocycles. The molecule has 0 radical (unpaired) electrons. The van der Waals surface area contributed by atoms with Crippen LogP contribution >= 0.6 is 11.6 Å². The predicted octanol–water partition coefficient (Wildman–Crippen LogP) is 3.07. The molecule has 2 nitrogen and oxygen atoms in total. The molecule has 14 heavy (non-hydrogen) atoms. The summed E-state index contributed by atoms with van der Waals surface area (Å²) in [6, 6.07) is 3.11.